The van der Waals surface area contributed by atoms with Gasteiger partial charge in [0.1, 0.15) is 5.75 Å². The average molecular weight is 282 g/mol. The van der Waals surface area contributed by atoms with Crippen LogP contribution in [0.15, 0.2) is 24.3 Å². The normalized spacial score (nSPS) is 9.88. The van der Waals surface area contributed by atoms with Crippen molar-refractivity contribution in [2.75, 3.05) is 12.4 Å². The van der Waals surface area contributed by atoms with Crippen LogP contribution in [0, 0.1) is 0 Å². The fourth-order valence-corrected chi connectivity index (χ4v) is 0.938. The van der Waals surface area contributed by atoms with Crippen LogP contribution in [0.25, 0.3) is 0 Å². The van der Waals surface area contributed by atoms with Crippen LogP contribution in [0.5, 0.6) is 5.75 Å². The smallest absolute Gasteiger partial charge is 0.353 e. The van der Waals surface area contributed by atoms with Crippen molar-refractivity contribution in [3.8, 4) is 5.75 Å². The molecule has 0 saturated heterocycles. The van der Waals surface area contributed by atoms with Gasteiger partial charge in [-0.25, -0.2) is 0 Å². The van der Waals surface area contributed by atoms with Crippen molar-refractivity contribution >= 4 is 31.6 Å². The Hall–Kier alpha value is -1.31. The van der Waals surface area contributed by atoms with E-state index < -0.39 is 9.33 Å². The van der Waals surface area contributed by atoms with E-state index in [1.807, 2.05) is 12.1 Å². The summed E-state index contributed by atoms with van der Waals surface area (Å²) in [6, 6.07) is 7.28. The fraction of sp³-hybridized carbons (Fsp3) is 0.222. The molecule has 0 fully saturated rings. The van der Waals surface area contributed by atoms with E-state index in [1.165, 1.54) is 6.92 Å². The van der Waals surface area contributed by atoms with Crippen LogP contribution in [0.1, 0.15) is 6.92 Å². The lowest BCUT2D eigenvalue weighted by atomic mass is 10.3. The molecule has 1 aromatic rings. The minimum absolute atomic E-state index is 0.0977. The highest BCUT2D eigenvalue weighted by Gasteiger charge is 2.01. The number of para-hydroxylation sites is 2. The van der Waals surface area contributed by atoms with Crippen molar-refractivity contribution in [2.24, 2.45) is 0 Å². The molecule has 1 amide bonds. The Morgan fingerprint density at radius 1 is 1.41 bits per heavy atom. The molecular formula is C9H12ClNO5S. The molecule has 0 aliphatic carbocycles. The summed E-state index contributed by atoms with van der Waals surface area (Å²) >= 11 is 0. The first-order chi connectivity index (χ1) is 7.74. The highest BCUT2D eigenvalue weighted by molar-refractivity contribution is 8.09. The van der Waals surface area contributed by atoms with E-state index in [4.69, 9.17) is 17.7 Å². The second-order valence-corrected chi connectivity index (χ2v) is 4.79. The third-order valence-corrected chi connectivity index (χ3v) is 1.42. The van der Waals surface area contributed by atoms with Crippen molar-refractivity contribution in [1.82, 2.24) is 0 Å². The van der Waals surface area contributed by atoms with Crippen molar-refractivity contribution in [3.63, 3.8) is 0 Å². The van der Waals surface area contributed by atoms with Gasteiger partial charge in [0.05, 0.1) is 12.8 Å². The topological polar surface area (TPSA) is 92.7 Å². The maximum Gasteiger partial charge on any atom is 0.353 e. The van der Waals surface area contributed by atoms with E-state index in [2.05, 4.69) is 16.0 Å². The zero-order chi connectivity index (χ0) is 13.5. The number of hydrogen-bond donors (Lipinski definition) is 2. The summed E-state index contributed by atoms with van der Waals surface area (Å²) in [5.41, 5.74) is 0.701. The fourth-order valence-electron chi connectivity index (χ4n) is 0.938. The maximum absolute atomic E-state index is 10.7. The Balaban J connectivity index is 0.000000437. The molecule has 96 valence electrons. The maximum atomic E-state index is 10.7. The van der Waals surface area contributed by atoms with E-state index in [9.17, 15) is 4.79 Å². The molecule has 8 heteroatoms. The van der Waals surface area contributed by atoms with Crippen molar-refractivity contribution in [1.29, 1.82) is 0 Å². The highest BCUT2D eigenvalue weighted by Crippen LogP contribution is 2.22. The van der Waals surface area contributed by atoms with Gasteiger partial charge >= 0.3 is 9.33 Å². The second-order valence-electron chi connectivity index (χ2n) is 2.79. The Morgan fingerprint density at radius 2 is 1.88 bits per heavy atom. The van der Waals surface area contributed by atoms with Gasteiger partial charge in [-0.2, -0.15) is 8.42 Å². The number of carbonyl (C=O) groups is 1. The molecule has 0 bridgehead atoms. The molecule has 0 aliphatic heterocycles. The van der Waals surface area contributed by atoms with Gasteiger partial charge < -0.3 is 10.1 Å². The standard InChI is InChI=1S/C9H11NO2.ClHO3S/c1-7(11)10-8-5-3-4-6-9(8)12-2;1-5(2,3)4/h3-6H,1-2H3,(H,10,11);(H,2,3,4). The molecule has 0 spiro atoms. The van der Waals surface area contributed by atoms with Gasteiger partial charge in [0, 0.05) is 17.6 Å². The predicted molar refractivity (Wildman–Crippen MR) is 64.7 cm³/mol. The third-order valence-electron chi connectivity index (χ3n) is 1.42. The zero-order valence-electron chi connectivity index (χ0n) is 9.18. The zero-order valence-corrected chi connectivity index (χ0v) is 10.7. The number of amides is 1. The minimum Gasteiger partial charge on any atom is -0.495 e. The van der Waals surface area contributed by atoms with Crippen LogP contribution < -0.4 is 10.1 Å². The van der Waals surface area contributed by atoms with E-state index in [-0.39, 0.29) is 5.91 Å². The summed E-state index contributed by atoms with van der Waals surface area (Å²) in [5.74, 6) is 0.576. The lowest BCUT2D eigenvalue weighted by Gasteiger charge is -2.07. The highest BCUT2D eigenvalue weighted by atomic mass is 35.7. The Bertz CT molecular complexity index is 466. The van der Waals surface area contributed by atoms with Crippen LogP contribution in [-0.2, 0) is 14.1 Å². The minimum atomic E-state index is -4.19. The van der Waals surface area contributed by atoms with Gasteiger partial charge in [-0.05, 0) is 12.1 Å². The van der Waals surface area contributed by atoms with Gasteiger partial charge in [0.25, 0.3) is 0 Å². The lowest BCUT2D eigenvalue weighted by Crippen LogP contribution is -2.06. The molecule has 1 aromatic carbocycles. The molecule has 1 rings (SSSR count). The van der Waals surface area contributed by atoms with Crippen LogP contribution in [0.3, 0.4) is 0 Å². The molecule has 0 aliphatic rings. The van der Waals surface area contributed by atoms with Gasteiger partial charge in [-0.3, -0.25) is 9.35 Å². The Kier molecular flexibility index (Phi) is 6.55. The number of nitrogens with one attached hydrogen (secondary N) is 1. The molecule has 0 unspecified atom stereocenters. The number of methoxy groups -OCH3 is 1. The van der Waals surface area contributed by atoms with Crippen LogP contribution >= 0.6 is 10.7 Å². The molecule has 17 heavy (non-hydrogen) atoms. The monoisotopic (exact) mass is 281 g/mol. The molecule has 0 saturated carbocycles. The van der Waals surface area contributed by atoms with Crippen LogP contribution in [0.2, 0.25) is 0 Å². The first kappa shape index (κ1) is 15.7. The first-order valence-corrected chi connectivity index (χ1v) is 6.58. The Morgan fingerprint density at radius 3 is 2.29 bits per heavy atom. The van der Waals surface area contributed by atoms with Crippen molar-refractivity contribution in [3.05, 3.63) is 24.3 Å². The number of carbonyl (C=O) groups excluding carboxylic acids is 1. The summed E-state index contributed by atoms with van der Waals surface area (Å²) in [7, 11) is 1.43. The van der Waals surface area contributed by atoms with Crippen molar-refractivity contribution in [2.45, 2.75) is 6.92 Å². The number of ether oxygens (including phenoxy) is 1. The SMILES string of the molecule is COc1ccccc1NC(C)=O.O=S(=O)(O)Cl. The van der Waals surface area contributed by atoms with Crippen LogP contribution in [-0.4, -0.2) is 26.0 Å². The van der Waals surface area contributed by atoms with E-state index >= 15 is 0 Å². The van der Waals surface area contributed by atoms with Gasteiger partial charge in [0.2, 0.25) is 5.91 Å². The van der Waals surface area contributed by atoms with Gasteiger partial charge in [-0.15, -0.1) is 0 Å². The van der Waals surface area contributed by atoms with Gasteiger partial charge in [0.15, 0.2) is 0 Å². The molecular weight excluding hydrogens is 270 g/mol. The molecule has 2 N–H and O–H groups in total. The summed E-state index contributed by atoms with van der Waals surface area (Å²) in [6.45, 7) is 1.46. The third kappa shape index (κ3) is 9.61. The predicted octanol–water partition coefficient (Wildman–Crippen LogP) is 1.68. The lowest BCUT2D eigenvalue weighted by molar-refractivity contribution is -0.114. The molecule has 6 nitrogen and oxygen atoms in total. The van der Waals surface area contributed by atoms with Crippen LogP contribution in [0.4, 0.5) is 5.69 Å². The number of anilines is 1. The Labute approximate surface area is 104 Å². The summed E-state index contributed by atoms with van der Waals surface area (Å²) in [4.78, 5) is 10.7. The molecule has 0 heterocycles. The average Bonchev–Trinajstić information content (AvgIpc) is 2.15. The summed E-state index contributed by atoms with van der Waals surface area (Å²) < 4.78 is 30.2. The second kappa shape index (κ2) is 7.10. The number of rotatable bonds is 2. The number of hydrogen-bond acceptors (Lipinski definition) is 4. The van der Waals surface area contributed by atoms with Gasteiger partial charge in [-0.1, -0.05) is 12.1 Å². The number of halogens is 1. The molecule has 0 atom stereocenters. The number of benzene rings is 1. The molecule has 0 aromatic heterocycles. The van der Waals surface area contributed by atoms with Crippen molar-refractivity contribution < 1.29 is 22.5 Å². The first-order valence-electron chi connectivity index (χ1n) is 4.31. The van der Waals surface area contributed by atoms with E-state index in [0.29, 0.717) is 11.4 Å². The summed E-state index contributed by atoms with van der Waals surface area (Å²) in [5, 5.41) is 2.66. The quantitative estimate of drug-likeness (QED) is 0.635. The summed E-state index contributed by atoms with van der Waals surface area (Å²) in [6.07, 6.45) is 0. The molecule has 0 radical (unpaired) electrons. The van der Waals surface area contributed by atoms with E-state index in [0.717, 1.165) is 0 Å². The largest absolute Gasteiger partial charge is 0.495 e. The van der Waals surface area contributed by atoms with E-state index in [1.54, 1.807) is 19.2 Å².